The number of thiazole rings is 2. The molecule has 0 unspecified atom stereocenters. The van der Waals surface area contributed by atoms with Gasteiger partial charge in [0.15, 0.2) is 27.6 Å². The van der Waals surface area contributed by atoms with Crippen LogP contribution < -0.4 is 19.7 Å². The average Bonchev–Trinajstić information content (AvgIpc) is 3.69. The molecule has 11 nitrogen and oxygen atoms in total. The van der Waals surface area contributed by atoms with E-state index in [4.69, 9.17) is 24.2 Å². The van der Waals surface area contributed by atoms with Crippen LogP contribution in [-0.2, 0) is 17.6 Å². The molecular weight excluding hydrogens is 635 g/mol. The summed E-state index contributed by atoms with van der Waals surface area (Å²) >= 11 is 3.09. The Morgan fingerprint density at radius 2 is 1.77 bits per heavy atom. The lowest BCUT2D eigenvalue weighted by Gasteiger charge is -2.28. The van der Waals surface area contributed by atoms with E-state index in [0.29, 0.717) is 37.6 Å². The fourth-order valence-electron chi connectivity index (χ4n) is 5.30. The first kappa shape index (κ1) is 32.6. The van der Waals surface area contributed by atoms with Gasteiger partial charge in [0.2, 0.25) is 0 Å². The molecule has 1 aliphatic heterocycles. The van der Waals surface area contributed by atoms with Gasteiger partial charge in [-0.1, -0.05) is 23.5 Å². The highest BCUT2D eigenvalue weighted by atomic mass is 32.1. The van der Waals surface area contributed by atoms with Crippen LogP contribution in [0.25, 0.3) is 10.2 Å². The average molecular weight is 674 g/mol. The number of nitrogens with one attached hydrogen (secondary N) is 1. The van der Waals surface area contributed by atoms with Crippen LogP contribution in [-0.4, -0.2) is 78.0 Å². The zero-order valence-corrected chi connectivity index (χ0v) is 28.7. The molecule has 0 bridgehead atoms. The number of anilines is 4. The number of rotatable bonds is 14. The number of aryl methyl sites for hydroxylation is 1. The Hall–Kier alpha value is -4.33. The van der Waals surface area contributed by atoms with Crippen LogP contribution in [0.5, 0.6) is 11.5 Å². The maximum absolute atomic E-state index is 13.0. The monoisotopic (exact) mass is 673 g/mol. The van der Waals surface area contributed by atoms with E-state index in [2.05, 4.69) is 38.3 Å². The molecule has 2 aromatic carbocycles. The molecule has 3 aromatic heterocycles. The summed E-state index contributed by atoms with van der Waals surface area (Å²) < 4.78 is 18.3. The third-order valence-corrected chi connectivity index (χ3v) is 9.83. The number of aromatic nitrogens is 4. The minimum atomic E-state index is -0.411. The Kier molecular flexibility index (Phi) is 10.4. The fourth-order valence-corrected chi connectivity index (χ4v) is 7.28. The molecule has 0 saturated carbocycles. The minimum Gasteiger partial charge on any atom is -0.494 e. The van der Waals surface area contributed by atoms with Gasteiger partial charge in [0.1, 0.15) is 18.1 Å². The standard InChI is InChI=1S/C34H39N7O4S2/c1-5-43-32(42)29-28(13-9-20-44-23-14-16-24(17-15-23)45-21-19-40(3)4)47-34(36-29)41-18-8-10-25-22(2)30(38-39-31(25)41)37-33-35-26-11-6-7-12-27(26)46-33/h6-7,11-12,14-17H,5,8-10,13,18-21H2,1-4H3,(H,35,37,38). The molecule has 13 heteroatoms. The molecule has 0 amide bonds. The van der Waals surface area contributed by atoms with Crippen molar-refractivity contribution in [3.63, 3.8) is 0 Å². The topological polar surface area (TPSA) is 115 Å². The smallest absolute Gasteiger partial charge is 0.358 e. The second-order valence-electron chi connectivity index (χ2n) is 11.4. The van der Waals surface area contributed by atoms with Gasteiger partial charge < -0.3 is 29.3 Å². The molecule has 5 aromatic rings. The number of nitrogens with zero attached hydrogens (tertiary/aromatic N) is 6. The molecule has 246 valence electrons. The molecule has 1 aliphatic rings. The lowest BCUT2D eigenvalue weighted by molar-refractivity contribution is 0.0519. The van der Waals surface area contributed by atoms with Gasteiger partial charge in [-0.3, -0.25) is 0 Å². The lowest BCUT2D eigenvalue weighted by atomic mass is 10.0. The summed E-state index contributed by atoms with van der Waals surface area (Å²) in [6.07, 6.45) is 3.15. The van der Waals surface area contributed by atoms with Crippen molar-refractivity contribution in [3.05, 3.63) is 70.2 Å². The van der Waals surface area contributed by atoms with Gasteiger partial charge in [-0.2, -0.15) is 0 Å². The Morgan fingerprint density at radius 1 is 1.00 bits per heavy atom. The van der Waals surface area contributed by atoms with Gasteiger partial charge in [0.25, 0.3) is 0 Å². The van der Waals surface area contributed by atoms with Crippen molar-refractivity contribution >= 4 is 60.8 Å². The van der Waals surface area contributed by atoms with E-state index in [9.17, 15) is 4.79 Å². The summed E-state index contributed by atoms with van der Waals surface area (Å²) in [5, 5.41) is 14.1. The van der Waals surface area contributed by atoms with Crippen molar-refractivity contribution in [3.8, 4) is 11.5 Å². The first-order valence-corrected chi connectivity index (χ1v) is 17.5. The second-order valence-corrected chi connectivity index (χ2v) is 13.5. The first-order chi connectivity index (χ1) is 22.9. The van der Waals surface area contributed by atoms with E-state index in [1.807, 2.05) is 56.6 Å². The van der Waals surface area contributed by atoms with Crippen LogP contribution in [0.4, 0.5) is 21.9 Å². The van der Waals surface area contributed by atoms with E-state index in [1.54, 1.807) is 18.3 Å². The van der Waals surface area contributed by atoms with Gasteiger partial charge in [-0.05, 0) is 90.0 Å². The highest BCUT2D eigenvalue weighted by molar-refractivity contribution is 7.22. The van der Waals surface area contributed by atoms with Crippen LogP contribution >= 0.6 is 22.7 Å². The number of carbonyl (C=O) groups is 1. The maximum atomic E-state index is 13.0. The van der Waals surface area contributed by atoms with E-state index < -0.39 is 5.97 Å². The van der Waals surface area contributed by atoms with Crippen molar-refractivity contribution in [2.24, 2.45) is 0 Å². The number of esters is 1. The Morgan fingerprint density at radius 3 is 2.51 bits per heavy atom. The van der Waals surface area contributed by atoms with Gasteiger partial charge >= 0.3 is 5.97 Å². The molecule has 0 aliphatic carbocycles. The quantitative estimate of drug-likeness (QED) is 0.0991. The highest BCUT2D eigenvalue weighted by Crippen LogP contribution is 2.39. The molecule has 0 fully saturated rings. The van der Waals surface area contributed by atoms with Crippen LogP contribution in [0, 0.1) is 6.92 Å². The van der Waals surface area contributed by atoms with Crippen molar-refractivity contribution in [2.45, 2.75) is 39.5 Å². The number of hydrogen-bond acceptors (Lipinski definition) is 13. The molecule has 6 rings (SSSR count). The second kappa shape index (κ2) is 15.1. The summed E-state index contributed by atoms with van der Waals surface area (Å²) in [5.41, 5.74) is 3.46. The van der Waals surface area contributed by atoms with Crippen molar-refractivity contribution in [1.29, 1.82) is 0 Å². The summed E-state index contributed by atoms with van der Waals surface area (Å²) in [5.74, 6) is 2.65. The van der Waals surface area contributed by atoms with E-state index >= 15 is 0 Å². The van der Waals surface area contributed by atoms with E-state index in [0.717, 1.165) is 79.7 Å². The number of benzene rings is 2. The Balaban J connectivity index is 1.14. The van der Waals surface area contributed by atoms with Crippen molar-refractivity contribution in [1.82, 2.24) is 25.1 Å². The molecule has 1 N–H and O–H groups in total. The molecule has 4 heterocycles. The largest absolute Gasteiger partial charge is 0.494 e. The molecule has 47 heavy (non-hydrogen) atoms. The first-order valence-electron chi connectivity index (χ1n) is 15.8. The SMILES string of the molecule is CCOC(=O)c1nc(N2CCCc3c2nnc(Nc2nc4ccccc4s2)c3C)sc1CCCOc1ccc(OCCN(C)C)cc1. The molecule has 0 saturated heterocycles. The third-order valence-electron chi connectivity index (χ3n) is 7.74. The predicted molar refractivity (Wildman–Crippen MR) is 187 cm³/mol. The van der Waals surface area contributed by atoms with Gasteiger partial charge in [-0.25, -0.2) is 14.8 Å². The molecule has 0 spiro atoms. The van der Waals surface area contributed by atoms with Crippen molar-refractivity contribution in [2.75, 3.05) is 57.2 Å². The maximum Gasteiger partial charge on any atom is 0.358 e. The van der Waals surface area contributed by atoms with Gasteiger partial charge in [0, 0.05) is 29.1 Å². The minimum absolute atomic E-state index is 0.282. The number of carbonyl (C=O) groups excluding carboxylic acids is 1. The summed E-state index contributed by atoms with van der Waals surface area (Å²) in [7, 11) is 4.04. The normalized spacial score (nSPS) is 12.7. The summed E-state index contributed by atoms with van der Waals surface area (Å²) in [6, 6.07) is 15.7. The number of fused-ring (bicyclic) bond motifs is 2. The van der Waals surface area contributed by atoms with Crippen LogP contribution in [0.1, 0.15) is 46.3 Å². The molecule has 0 radical (unpaired) electrons. The Bertz CT molecular complexity index is 1790. The third kappa shape index (κ3) is 7.80. The van der Waals surface area contributed by atoms with E-state index in [-0.39, 0.29) is 6.61 Å². The molecule has 0 atom stereocenters. The summed E-state index contributed by atoms with van der Waals surface area (Å²) in [4.78, 5) is 27.5. The van der Waals surface area contributed by atoms with Gasteiger partial charge in [-0.15, -0.1) is 21.5 Å². The zero-order chi connectivity index (χ0) is 32.8. The predicted octanol–water partition coefficient (Wildman–Crippen LogP) is 6.81. The van der Waals surface area contributed by atoms with Crippen LogP contribution in [0.2, 0.25) is 0 Å². The number of ether oxygens (including phenoxy) is 3. The van der Waals surface area contributed by atoms with Crippen molar-refractivity contribution < 1.29 is 19.0 Å². The van der Waals surface area contributed by atoms with E-state index in [1.165, 1.54) is 11.3 Å². The summed E-state index contributed by atoms with van der Waals surface area (Å²) in [6.45, 7) is 6.87. The fraction of sp³-hybridized carbons (Fsp3) is 0.382. The Labute approximate surface area is 282 Å². The molecular formula is C34H39N7O4S2. The van der Waals surface area contributed by atoms with Crippen LogP contribution in [0.3, 0.4) is 0 Å². The van der Waals surface area contributed by atoms with Crippen LogP contribution in [0.15, 0.2) is 48.5 Å². The number of hydrogen-bond donors (Lipinski definition) is 1. The van der Waals surface area contributed by atoms with Gasteiger partial charge in [0.05, 0.1) is 23.4 Å². The highest BCUT2D eigenvalue weighted by Gasteiger charge is 2.29. The number of likely N-dealkylation sites (N-methyl/N-ethyl adjacent to an activating group) is 1. The lowest BCUT2D eigenvalue weighted by Crippen LogP contribution is -2.27. The number of para-hydroxylation sites is 1. The zero-order valence-electron chi connectivity index (χ0n) is 27.1.